The number of rotatable bonds is 6. The summed E-state index contributed by atoms with van der Waals surface area (Å²) >= 11 is 0. The zero-order valence-corrected chi connectivity index (χ0v) is 16.0. The molecule has 1 saturated heterocycles. The normalized spacial score (nSPS) is 23.1. The van der Waals surface area contributed by atoms with Gasteiger partial charge in [-0.1, -0.05) is 6.07 Å². The third kappa shape index (κ3) is 5.25. The van der Waals surface area contributed by atoms with Crippen molar-refractivity contribution in [1.82, 2.24) is 15.5 Å². The second-order valence-corrected chi connectivity index (χ2v) is 6.91. The minimum Gasteiger partial charge on any atom is -0.454 e. The Morgan fingerprint density at radius 1 is 1.15 bits per heavy atom. The van der Waals surface area contributed by atoms with E-state index in [1.54, 1.807) is 7.05 Å². The summed E-state index contributed by atoms with van der Waals surface area (Å²) in [6.07, 6.45) is 1.72. The van der Waals surface area contributed by atoms with Crippen LogP contribution in [0.2, 0.25) is 0 Å². The molecule has 2 heterocycles. The maximum absolute atomic E-state index is 5.78. The molecule has 2 aliphatic rings. The van der Waals surface area contributed by atoms with Gasteiger partial charge in [0.25, 0.3) is 0 Å². The number of nitrogens with zero attached hydrogens (tertiary/aromatic N) is 2. The summed E-state index contributed by atoms with van der Waals surface area (Å²) < 4.78 is 16.5. The largest absolute Gasteiger partial charge is 0.454 e. The molecule has 2 atom stereocenters. The van der Waals surface area contributed by atoms with Gasteiger partial charge in [-0.25, -0.2) is 0 Å². The first-order valence-electron chi connectivity index (χ1n) is 9.35. The Balaban J connectivity index is 1.36. The minimum atomic E-state index is 0.302. The van der Waals surface area contributed by atoms with Gasteiger partial charge in [0.15, 0.2) is 17.5 Å². The Hall–Kier alpha value is -1.99. The minimum absolute atomic E-state index is 0.302. The van der Waals surface area contributed by atoms with Crippen molar-refractivity contribution in [2.24, 2.45) is 4.99 Å². The molecule has 2 unspecified atom stereocenters. The summed E-state index contributed by atoms with van der Waals surface area (Å²) in [6.45, 7) is 9.27. The molecule has 1 aromatic rings. The lowest BCUT2D eigenvalue weighted by molar-refractivity contribution is -0.0679. The molecule has 1 fully saturated rings. The smallest absolute Gasteiger partial charge is 0.231 e. The Morgan fingerprint density at radius 3 is 2.69 bits per heavy atom. The van der Waals surface area contributed by atoms with Crippen molar-refractivity contribution in [3.05, 3.63) is 23.8 Å². The molecular weight excluding hydrogens is 332 g/mol. The van der Waals surface area contributed by atoms with E-state index in [0.717, 1.165) is 55.6 Å². The Morgan fingerprint density at radius 2 is 1.92 bits per heavy atom. The van der Waals surface area contributed by atoms with Crippen molar-refractivity contribution < 1.29 is 14.2 Å². The van der Waals surface area contributed by atoms with Gasteiger partial charge in [-0.3, -0.25) is 9.89 Å². The molecule has 0 aromatic heterocycles. The molecule has 0 bridgehead atoms. The molecule has 144 valence electrons. The van der Waals surface area contributed by atoms with Gasteiger partial charge >= 0.3 is 0 Å². The van der Waals surface area contributed by atoms with E-state index in [1.807, 2.05) is 18.2 Å². The molecular formula is C19H30N4O3. The van der Waals surface area contributed by atoms with Gasteiger partial charge in [0, 0.05) is 39.8 Å². The third-order valence-corrected chi connectivity index (χ3v) is 4.56. The van der Waals surface area contributed by atoms with Crippen molar-refractivity contribution in [2.45, 2.75) is 39.0 Å². The molecule has 7 nitrogen and oxygen atoms in total. The maximum atomic E-state index is 5.78. The molecule has 0 spiro atoms. The molecule has 0 saturated carbocycles. The summed E-state index contributed by atoms with van der Waals surface area (Å²) in [5.41, 5.74) is 1.13. The topological polar surface area (TPSA) is 67.4 Å². The first kappa shape index (κ1) is 18.8. The summed E-state index contributed by atoms with van der Waals surface area (Å²) in [5, 5.41) is 6.72. The lowest BCUT2D eigenvalue weighted by Gasteiger charge is -2.35. The van der Waals surface area contributed by atoms with E-state index >= 15 is 0 Å². The number of fused-ring (bicyclic) bond motifs is 1. The Kier molecular flexibility index (Phi) is 6.57. The number of nitrogens with one attached hydrogen (secondary N) is 2. The van der Waals surface area contributed by atoms with Crippen molar-refractivity contribution in [3.8, 4) is 11.5 Å². The number of benzene rings is 1. The summed E-state index contributed by atoms with van der Waals surface area (Å²) in [6, 6.07) is 5.98. The molecule has 26 heavy (non-hydrogen) atoms. The van der Waals surface area contributed by atoms with Crippen LogP contribution < -0.4 is 20.1 Å². The second kappa shape index (κ2) is 9.09. The lowest BCUT2D eigenvalue weighted by Crippen LogP contribution is -2.46. The van der Waals surface area contributed by atoms with Crippen LogP contribution in [0.3, 0.4) is 0 Å². The van der Waals surface area contributed by atoms with Crippen LogP contribution in [-0.2, 0) is 11.3 Å². The Labute approximate surface area is 155 Å². The molecule has 3 rings (SSSR count). The van der Waals surface area contributed by atoms with E-state index in [9.17, 15) is 0 Å². The highest BCUT2D eigenvalue weighted by Gasteiger charge is 2.21. The van der Waals surface area contributed by atoms with Gasteiger partial charge < -0.3 is 24.8 Å². The van der Waals surface area contributed by atoms with E-state index in [-0.39, 0.29) is 0 Å². The van der Waals surface area contributed by atoms with E-state index in [4.69, 9.17) is 14.2 Å². The molecule has 1 aromatic carbocycles. The molecule has 2 aliphatic heterocycles. The average Bonchev–Trinajstić information content (AvgIpc) is 3.08. The quantitative estimate of drug-likeness (QED) is 0.455. The van der Waals surface area contributed by atoms with Crippen LogP contribution in [0.1, 0.15) is 25.8 Å². The highest BCUT2D eigenvalue weighted by Crippen LogP contribution is 2.32. The number of guanidine groups is 1. The first-order chi connectivity index (χ1) is 12.6. The first-order valence-corrected chi connectivity index (χ1v) is 9.35. The average molecular weight is 362 g/mol. The van der Waals surface area contributed by atoms with Gasteiger partial charge in [-0.15, -0.1) is 0 Å². The van der Waals surface area contributed by atoms with Crippen LogP contribution in [0, 0.1) is 0 Å². The zero-order valence-electron chi connectivity index (χ0n) is 16.0. The van der Waals surface area contributed by atoms with Gasteiger partial charge in [0.05, 0.1) is 12.2 Å². The number of ether oxygens (including phenoxy) is 3. The van der Waals surface area contributed by atoms with E-state index in [1.165, 1.54) is 0 Å². The van der Waals surface area contributed by atoms with E-state index in [2.05, 4.69) is 34.4 Å². The monoisotopic (exact) mass is 362 g/mol. The predicted octanol–water partition coefficient (Wildman–Crippen LogP) is 1.58. The molecule has 2 N–H and O–H groups in total. The molecule has 0 aliphatic carbocycles. The van der Waals surface area contributed by atoms with E-state index < -0.39 is 0 Å². The number of hydrogen-bond acceptors (Lipinski definition) is 5. The lowest BCUT2D eigenvalue weighted by atomic mass is 10.2. The van der Waals surface area contributed by atoms with Crippen molar-refractivity contribution >= 4 is 5.96 Å². The van der Waals surface area contributed by atoms with E-state index in [0.29, 0.717) is 25.5 Å². The fraction of sp³-hybridized carbons (Fsp3) is 0.632. The highest BCUT2D eigenvalue weighted by molar-refractivity contribution is 5.79. The van der Waals surface area contributed by atoms with Crippen LogP contribution in [-0.4, -0.2) is 63.1 Å². The van der Waals surface area contributed by atoms with Gasteiger partial charge in [0.1, 0.15) is 0 Å². The fourth-order valence-electron chi connectivity index (χ4n) is 3.43. The van der Waals surface area contributed by atoms with Crippen LogP contribution >= 0.6 is 0 Å². The number of hydrogen-bond donors (Lipinski definition) is 2. The predicted molar refractivity (Wildman–Crippen MR) is 102 cm³/mol. The van der Waals surface area contributed by atoms with Crippen LogP contribution in [0.5, 0.6) is 11.5 Å². The number of aliphatic imine (C=N–C) groups is 1. The molecule has 0 radical (unpaired) electrons. The highest BCUT2D eigenvalue weighted by atomic mass is 16.7. The zero-order chi connectivity index (χ0) is 18.4. The maximum Gasteiger partial charge on any atom is 0.231 e. The van der Waals surface area contributed by atoms with Crippen molar-refractivity contribution in [3.63, 3.8) is 0 Å². The summed E-state index contributed by atoms with van der Waals surface area (Å²) in [7, 11) is 1.79. The summed E-state index contributed by atoms with van der Waals surface area (Å²) in [5.74, 6) is 2.43. The van der Waals surface area contributed by atoms with Crippen LogP contribution in [0.25, 0.3) is 0 Å². The molecule has 7 heteroatoms. The Bertz CT molecular complexity index is 613. The van der Waals surface area contributed by atoms with Crippen LogP contribution in [0.15, 0.2) is 23.2 Å². The van der Waals surface area contributed by atoms with Crippen molar-refractivity contribution in [1.29, 1.82) is 0 Å². The summed E-state index contributed by atoms with van der Waals surface area (Å²) in [4.78, 5) is 6.76. The number of morpholine rings is 1. The second-order valence-electron chi connectivity index (χ2n) is 6.91. The van der Waals surface area contributed by atoms with Gasteiger partial charge in [-0.05, 0) is 38.0 Å². The fourth-order valence-corrected chi connectivity index (χ4v) is 3.43. The van der Waals surface area contributed by atoms with Gasteiger partial charge in [0.2, 0.25) is 6.79 Å². The SMILES string of the molecule is CN=C(NCCCN1CC(C)OC(C)C1)NCc1ccc2c(c1)OCO2. The van der Waals surface area contributed by atoms with Gasteiger partial charge in [-0.2, -0.15) is 0 Å². The standard InChI is InChI=1S/C19H30N4O3/c1-14-11-23(12-15(2)26-14)8-4-7-21-19(20-3)22-10-16-5-6-17-18(9-16)25-13-24-17/h5-6,9,14-15H,4,7-8,10-13H2,1-3H3,(H2,20,21,22). The third-order valence-electron chi connectivity index (χ3n) is 4.56. The van der Waals surface area contributed by atoms with Crippen molar-refractivity contribution in [2.75, 3.05) is 40.0 Å². The van der Waals surface area contributed by atoms with Crippen LogP contribution in [0.4, 0.5) is 0 Å². The molecule has 0 amide bonds.